The summed E-state index contributed by atoms with van der Waals surface area (Å²) in [7, 11) is 1.61. The van der Waals surface area contributed by atoms with Crippen LogP contribution in [0.5, 0.6) is 11.5 Å². The first-order valence-electron chi connectivity index (χ1n) is 9.74. The smallest absolute Gasteiger partial charge is 0.270 e. The zero-order valence-corrected chi connectivity index (χ0v) is 18.8. The number of hydrogen-bond donors (Lipinski definition) is 0. The Morgan fingerprint density at radius 2 is 1.81 bits per heavy atom. The predicted octanol–water partition coefficient (Wildman–Crippen LogP) is 5.99. The third-order valence-electron chi connectivity index (χ3n) is 4.81. The second kappa shape index (κ2) is 9.37. The van der Waals surface area contributed by atoms with Gasteiger partial charge in [-0.05, 0) is 48.9 Å². The van der Waals surface area contributed by atoms with Crippen LogP contribution in [0.15, 0.2) is 77.7 Å². The van der Waals surface area contributed by atoms with Crippen molar-refractivity contribution >= 4 is 46.0 Å². The first-order chi connectivity index (χ1) is 15.0. The van der Waals surface area contributed by atoms with Crippen molar-refractivity contribution < 1.29 is 14.3 Å². The highest BCUT2D eigenvalue weighted by atomic mass is 32.2. The molecule has 0 aliphatic carbocycles. The van der Waals surface area contributed by atoms with Crippen LogP contribution in [0.2, 0.25) is 0 Å². The number of carbonyl (C=O) groups excluding carboxylic acids is 1. The molecule has 0 unspecified atom stereocenters. The second-order valence-electron chi connectivity index (χ2n) is 7.03. The fraction of sp³-hybridized carbons (Fsp3) is 0.120. The molecule has 0 atom stereocenters. The lowest BCUT2D eigenvalue weighted by Gasteiger charge is -2.14. The maximum Gasteiger partial charge on any atom is 0.270 e. The number of ether oxygens (including phenoxy) is 2. The predicted molar refractivity (Wildman–Crippen MR) is 131 cm³/mol. The number of anilines is 1. The Morgan fingerprint density at radius 3 is 2.55 bits per heavy atom. The number of amides is 1. The molecule has 1 aliphatic heterocycles. The van der Waals surface area contributed by atoms with E-state index in [1.807, 2.05) is 66.7 Å². The van der Waals surface area contributed by atoms with E-state index >= 15 is 0 Å². The topological polar surface area (TPSA) is 38.8 Å². The van der Waals surface area contributed by atoms with E-state index in [9.17, 15) is 4.79 Å². The number of hydrogen-bond acceptors (Lipinski definition) is 5. The Labute approximate surface area is 191 Å². The van der Waals surface area contributed by atoms with Crippen LogP contribution in [-0.2, 0) is 11.4 Å². The minimum atomic E-state index is -0.145. The molecular formula is C25H21NO3S2. The molecule has 4 rings (SSSR count). The van der Waals surface area contributed by atoms with Crippen molar-refractivity contribution in [3.8, 4) is 11.5 Å². The van der Waals surface area contributed by atoms with E-state index in [0.717, 1.165) is 28.3 Å². The molecule has 4 nitrogen and oxygen atoms in total. The summed E-state index contributed by atoms with van der Waals surface area (Å²) in [4.78, 5) is 15.2. The molecule has 0 aromatic heterocycles. The van der Waals surface area contributed by atoms with Gasteiger partial charge in [-0.25, -0.2) is 0 Å². The Hall–Kier alpha value is -3.09. The molecule has 3 aromatic carbocycles. The van der Waals surface area contributed by atoms with Gasteiger partial charge in [0.05, 0.1) is 17.7 Å². The Bertz CT molecular complexity index is 1160. The van der Waals surface area contributed by atoms with Gasteiger partial charge in [-0.15, -0.1) is 0 Å². The van der Waals surface area contributed by atoms with Crippen molar-refractivity contribution in [1.82, 2.24) is 0 Å². The van der Waals surface area contributed by atoms with Gasteiger partial charge >= 0.3 is 0 Å². The Balaban J connectivity index is 1.56. The number of benzene rings is 3. The summed E-state index contributed by atoms with van der Waals surface area (Å²) in [6, 6.07) is 23.2. The van der Waals surface area contributed by atoms with Crippen molar-refractivity contribution in [2.24, 2.45) is 0 Å². The van der Waals surface area contributed by atoms with Gasteiger partial charge in [-0.2, -0.15) is 0 Å². The Kier molecular flexibility index (Phi) is 6.39. The molecule has 1 heterocycles. The average Bonchev–Trinajstić information content (AvgIpc) is 3.06. The van der Waals surface area contributed by atoms with Gasteiger partial charge in [0, 0.05) is 5.56 Å². The van der Waals surface area contributed by atoms with Crippen molar-refractivity contribution in [2.45, 2.75) is 13.5 Å². The monoisotopic (exact) mass is 447 g/mol. The van der Waals surface area contributed by atoms with E-state index in [-0.39, 0.29) is 5.91 Å². The quantitative estimate of drug-likeness (QED) is 0.343. The molecule has 0 saturated carbocycles. The van der Waals surface area contributed by atoms with Gasteiger partial charge in [-0.3, -0.25) is 9.69 Å². The van der Waals surface area contributed by atoms with Gasteiger partial charge < -0.3 is 9.47 Å². The summed E-state index contributed by atoms with van der Waals surface area (Å²) >= 11 is 6.77. The molecule has 1 saturated heterocycles. The molecule has 3 aromatic rings. The molecule has 1 aliphatic rings. The van der Waals surface area contributed by atoms with Gasteiger partial charge in [0.25, 0.3) is 5.91 Å². The fourth-order valence-corrected chi connectivity index (χ4v) is 4.55. The molecule has 6 heteroatoms. The summed E-state index contributed by atoms with van der Waals surface area (Å²) in [6.07, 6.45) is 1.84. The van der Waals surface area contributed by atoms with Crippen molar-refractivity contribution in [3.63, 3.8) is 0 Å². The zero-order chi connectivity index (χ0) is 21.8. The average molecular weight is 448 g/mol. The molecule has 31 heavy (non-hydrogen) atoms. The van der Waals surface area contributed by atoms with Crippen LogP contribution in [-0.4, -0.2) is 17.3 Å². The van der Waals surface area contributed by atoms with Crippen molar-refractivity contribution in [1.29, 1.82) is 0 Å². The fourth-order valence-electron chi connectivity index (χ4n) is 3.26. The summed E-state index contributed by atoms with van der Waals surface area (Å²) in [5.41, 5.74) is 3.85. The van der Waals surface area contributed by atoms with Crippen LogP contribution < -0.4 is 14.4 Å². The molecule has 1 fully saturated rings. The number of nitrogens with zero attached hydrogens (tertiary/aromatic N) is 1. The van der Waals surface area contributed by atoms with E-state index in [2.05, 4.69) is 19.1 Å². The number of rotatable bonds is 6. The number of methoxy groups -OCH3 is 1. The van der Waals surface area contributed by atoms with Crippen LogP contribution in [0.25, 0.3) is 6.08 Å². The van der Waals surface area contributed by atoms with Crippen LogP contribution in [0.1, 0.15) is 16.7 Å². The molecule has 0 bridgehead atoms. The minimum absolute atomic E-state index is 0.145. The third kappa shape index (κ3) is 4.81. The number of para-hydroxylation sites is 1. The minimum Gasteiger partial charge on any atom is -0.497 e. The maximum absolute atomic E-state index is 13.1. The van der Waals surface area contributed by atoms with Crippen molar-refractivity contribution in [2.75, 3.05) is 12.0 Å². The van der Waals surface area contributed by atoms with Crippen LogP contribution in [0, 0.1) is 6.92 Å². The molecule has 1 amide bonds. The number of carbonyl (C=O) groups is 1. The van der Waals surface area contributed by atoms with Gasteiger partial charge in [0.2, 0.25) is 0 Å². The first-order valence-corrected chi connectivity index (χ1v) is 11.0. The lowest BCUT2D eigenvalue weighted by atomic mass is 10.1. The standard InChI is InChI=1S/C25H21NO3S2/c1-17-6-5-7-18(14-17)16-29-22-9-4-3-8-19(22)15-23-24(27)26(25(30)31-23)20-10-12-21(28-2)13-11-20/h3-15H,16H2,1-2H3/b23-15-. The molecule has 156 valence electrons. The van der Waals surface area contributed by atoms with Crippen LogP contribution >= 0.6 is 24.0 Å². The summed E-state index contributed by atoms with van der Waals surface area (Å²) in [5.74, 6) is 1.30. The molecule has 0 radical (unpaired) electrons. The van der Waals surface area contributed by atoms with E-state index in [1.54, 1.807) is 12.0 Å². The van der Waals surface area contributed by atoms with Crippen LogP contribution in [0.4, 0.5) is 5.69 Å². The normalized spacial score (nSPS) is 14.9. The highest BCUT2D eigenvalue weighted by molar-refractivity contribution is 8.27. The van der Waals surface area contributed by atoms with E-state index < -0.39 is 0 Å². The van der Waals surface area contributed by atoms with E-state index in [1.165, 1.54) is 17.3 Å². The highest BCUT2D eigenvalue weighted by Gasteiger charge is 2.33. The lowest BCUT2D eigenvalue weighted by molar-refractivity contribution is -0.113. The zero-order valence-electron chi connectivity index (χ0n) is 17.2. The Morgan fingerprint density at radius 1 is 1.03 bits per heavy atom. The first kappa shape index (κ1) is 21.2. The summed E-state index contributed by atoms with van der Waals surface area (Å²) < 4.78 is 11.8. The lowest BCUT2D eigenvalue weighted by Crippen LogP contribution is -2.27. The van der Waals surface area contributed by atoms with E-state index in [4.69, 9.17) is 21.7 Å². The molecule has 0 N–H and O–H groups in total. The largest absolute Gasteiger partial charge is 0.497 e. The maximum atomic E-state index is 13.1. The molecular weight excluding hydrogens is 426 g/mol. The number of aryl methyl sites for hydroxylation is 1. The summed E-state index contributed by atoms with van der Waals surface area (Å²) in [5, 5.41) is 0. The SMILES string of the molecule is COc1ccc(N2C(=O)/C(=C/c3ccccc3OCc3cccc(C)c3)SC2=S)cc1. The van der Waals surface area contributed by atoms with Crippen molar-refractivity contribution in [3.05, 3.63) is 94.4 Å². The number of thioether (sulfide) groups is 1. The number of thiocarbonyl (C=S) groups is 1. The van der Waals surface area contributed by atoms with Gasteiger partial charge in [-0.1, -0.05) is 72.0 Å². The molecule has 0 spiro atoms. The van der Waals surface area contributed by atoms with Crippen LogP contribution in [0.3, 0.4) is 0 Å². The summed E-state index contributed by atoms with van der Waals surface area (Å²) in [6.45, 7) is 2.52. The van der Waals surface area contributed by atoms with E-state index in [0.29, 0.717) is 15.8 Å². The highest BCUT2D eigenvalue weighted by Crippen LogP contribution is 2.37. The van der Waals surface area contributed by atoms with Gasteiger partial charge in [0.15, 0.2) is 4.32 Å². The van der Waals surface area contributed by atoms with Gasteiger partial charge in [0.1, 0.15) is 18.1 Å². The third-order valence-corrected chi connectivity index (χ3v) is 6.11. The second-order valence-corrected chi connectivity index (χ2v) is 8.71.